The summed E-state index contributed by atoms with van der Waals surface area (Å²) in [7, 11) is 0. The van der Waals surface area contributed by atoms with Crippen LogP contribution in [-0.2, 0) is 0 Å². The van der Waals surface area contributed by atoms with E-state index in [0.717, 1.165) is 12.2 Å². The molecule has 2 heterocycles. The van der Waals surface area contributed by atoms with Gasteiger partial charge < -0.3 is 5.32 Å². The summed E-state index contributed by atoms with van der Waals surface area (Å²) in [6.45, 7) is 7.13. The van der Waals surface area contributed by atoms with Crippen molar-refractivity contribution < 1.29 is 0 Å². The Labute approximate surface area is 108 Å². The summed E-state index contributed by atoms with van der Waals surface area (Å²) in [5.41, 5.74) is 4.64. The lowest BCUT2D eigenvalue weighted by atomic mass is 9.98. The molecular weight excluding hydrogens is 222 g/mol. The van der Waals surface area contributed by atoms with Gasteiger partial charge in [-0.1, -0.05) is 19.1 Å². The van der Waals surface area contributed by atoms with Crippen LogP contribution in [0.4, 0.5) is 0 Å². The van der Waals surface area contributed by atoms with Crippen LogP contribution < -0.4 is 5.32 Å². The summed E-state index contributed by atoms with van der Waals surface area (Å²) < 4.78 is 0. The number of hydrogen-bond donors (Lipinski definition) is 1. The lowest BCUT2D eigenvalue weighted by Crippen LogP contribution is -2.23. The molecule has 2 aromatic heterocycles. The third-order valence-corrected chi connectivity index (χ3v) is 3.00. The van der Waals surface area contributed by atoms with Gasteiger partial charge in [0.1, 0.15) is 0 Å². The van der Waals surface area contributed by atoms with Gasteiger partial charge in [0.15, 0.2) is 0 Å². The van der Waals surface area contributed by atoms with E-state index < -0.39 is 0 Å². The van der Waals surface area contributed by atoms with Crippen LogP contribution in [-0.4, -0.2) is 16.5 Å². The lowest BCUT2D eigenvalue weighted by Gasteiger charge is -2.20. The van der Waals surface area contributed by atoms with Gasteiger partial charge in [-0.2, -0.15) is 0 Å². The maximum absolute atomic E-state index is 4.37. The number of aryl methyl sites for hydroxylation is 2. The van der Waals surface area contributed by atoms with Crippen molar-refractivity contribution in [3.63, 3.8) is 0 Å². The van der Waals surface area contributed by atoms with Crippen LogP contribution >= 0.6 is 0 Å². The average Bonchev–Trinajstić information content (AvgIpc) is 2.37. The van der Waals surface area contributed by atoms with Crippen LogP contribution in [0.15, 0.2) is 36.8 Å². The molecular formula is C15H19N3. The third kappa shape index (κ3) is 2.74. The van der Waals surface area contributed by atoms with E-state index in [9.17, 15) is 0 Å². The van der Waals surface area contributed by atoms with Crippen molar-refractivity contribution in [2.75, 3.05) is 6.54 Å². The number of nitrogens with zero attached hydrogens (tertiary/aromatic N) is 2. The van der Waals surface area contributed by atoms with Gasteiger partial charge in [-0.05, 0) is 43.1 Å². The summed E-state index contributed by atoms with van der Waals surface area (Å²) in [6.07, 6.45) is 5.63. The van der Waals surface area contributed by atoms with Crippen LogP contribution in [0, 0.1) is 13.8 Å². The minimum Gasteiger partial charge on any atom is -0.306 e. The molecule has 2 aromatic rings. The van der Waals surface area contributed by atoms with E-state index in [1.54, 1.807) is 0 Å². The molecule has 0 aliphatic heterocycles. The van der Waals surface area contributed by atoms with Gasteiger partial charge in [-0.3, -0.25) is 9.97 Å². The first-order valence-corrected chi connectivity index (χ1v) is 6.28. The zero-order valence-electron chi connectivity index (χ0n) is 11.1. The first-order chi connectivity index (χ1) is 8.72. The van der Waals surface area contributed by atoms with Crippen LogP contribution in [0.5, 0.6) is 0 Å². The SMILES string of the molecule is CCNC(c1cncc(C)c1)c1cccnc1C. The predicted molar refractivity (Wildman–Crippen MR) is 73.5 cm³/mol. The van der Waals surface area contributed by atoms with E-state index in [1.807, 2.05) is 31.6 Å². The molecule has 0 radical (unpaired) electrons. The summed E-state index contributed by atoms with van der Waals surface area (Å²) >= 11 is 0. The molecule has 0 saturated carbocycles. The predicted octanol–water partition coefficient (Wildman–Crippen LogP) is 2.79. The zero-order chi connectivity index (χ0) is 13.0. The number of hydrogen-bond acceptors (Lipinski definition) is 3. The van der Waals surface area contributed by atoms with Crippen molar-refractivity contribution in [3.8, 4) is 0 Å². The van der Waals surface area contributed by atoms with Crippen LogP contribution in [0.3, 0.4) is 0 Å². The highest BCUT2D eigenvalue weighted by atomic mass is 14.9. The number of pyridine rings is 2. The van der Waals surface area contributed by atoms with E-state index in [4.69, 9.17) is 0 Å². The Morgan fingerprint density at radius 2 is 2.11 bits per heavy atom. The molecule has 0 amide bonds. The molecule has 0 aromatic carbocycles. The summed E-state index contributed by atoms with van der Waals surface area (Å²) in [5.74, 6) is 0. The lowest BCUT2D eigenvalue weighted by molar-refractivity contribution is 0.622. The molecule has 18 heavy (non-hydrogen) atoms. The Morgan fingerprint density at radius 3 is 2.78 bits per heavy atom. The minimum atomic E-state index is 0.163. The third-order valence-electron chi connectivity index (χ3n) is 3.00. The second kappa shape index (κ2) is 5.74. The molecule has 3 nitrogen and oxygen atoms in total. The van der Waals surface area contributed by atoms with Crippen LogP contribution in [0.2, 0.25) is 0 Å². The van der Waals surface area contributed by atoms with Gasteiger partial charge in [-0.25, -0.2) is 0 Å². The van der Waals surface area contributed by atoms with Crippen molar-refractivity contribution >= 4 is 0 Å². The first-order valence-electron chi connectivity index (χ1n) is 6.28. The fraction of sp³-hybridized carbons (Fsp3) is 0.333. The van der Waals surface area contributed by atoms with Crippen LogP contribution in [0.25, 0.3) is 0 Å². The summed E-state index contributed by atoms with van der Waals surface area (Å²) in [6, 6.07) is 6.44. The fourth-order valence-electron chi connectivity index (χ4n) is 2.15. The van der Waals surface area contributed by atoms with Crippen molar-refractivity contribution in [1.82, 2.24) is 15.3 Å². The van der Waals surface area contributed by atoms with Gasteiger partial charge >= 0.3 is 0 Å². The monoisotopic (exact) mass is 241 g/mol. The second-order valence-corrected chi connectivity index (χ2v) is 4.46. The Kier molecular flexibility index (Phi) is 4.05. The molecule has 0 aliphatic rings. The Morgan fingerprint density at radius 1 is 1.28 bits per heavy atom. The van der Waals surface area contributed by atoms with Crippen LogP contribution in [0.1, 0.15) is 35.3 Å². The first kappa shape index (κ1) is 12.7. The number of aromatic nitrogens is 2. The molecule has 1 atom stereocenters. The molecule has 0 aliphatic carbocycles. The minimum absolute atomic E-state index is 0.163. The van der Waals surface area contributed by atoms with E-state index >= 15 is 0 Å². The van der Waals surface area contributed by atoms with Gasteiger partial charge in [0.25, 0.3) is 0 Å². The maximum Gasteiger partial charge on any atom is 0.0609 e. The topological polar surface area (TPSA) is 37.8 Å². The molecule has 0 spiro atoms. The molecule has 3 heteroatoms. The van der Waals surface area contributed by atoms with E-state index in [0.29, 0.717) is 0 Å². The number of rotatable bonds is 4. The molecule has 1 N–H and O–H groups in total. The Balaban J connectivity index is 2.43. The maximum atomic E-state index is 4.37. The molecule has 94 valence electrons. The Bertz CT molecular complexity index is 523. The van der Waals surface area contributed by atoms with E-state index in [2.05, 4.69) is 41.3 Å². The molecule has 2 rings (SSSR count). The normalized spacial score (nSPS) is 12.4. The van der Waals surface area contributed by atoms with E-state index in [-0.39, 0.29) is 6.04 Å². The standard InChI is InChI=1S/C15H19N3/c1-4-17-15(13-8-11(2)9-16-10-13)14-6-5-7-18-12(14)3/h5-10,15,17H,4H2,1-3H3. The van der Waals surface area contributed by atoms with Gasteiger partial charge in [0.2, 0.25) is 0 Å². The zero-order valence-corrected chi connectivity index (χ0v) is 11.1. The highest BCUT2D eigenvalue weighted by molar-refractivity contribution is 5.33. The number of nitrogens with one attached hydrogen (secondary N) is 1. The highest BCUT2D eigenvalue weighted by Gasteiger charge is 2.15. The largest absolute Gasteiger partial charge is 0.306 e. The molecule has 0 fully saturated rings. The van der Waals surface area contributed by atoms with Gasteiger partial charge in [0.05, 0.1) is 6.04 Å². The Hall–Kier alpha value is -1.74. The summed E-state index contributed by atoms with van der Waals surface area (Å²) in [4.78, 5) is 8.65. The van der Waals surface area contributed by atoms with E-state index in [1.165, 1.54) is 16.7 Å². The van der Waals surface area contributed by atoms with Crippen molar-refractivity contribution in [1.29, 1.82) is 0 Å². The molecule has 0 bridgehead atoms. The second-order valence-electron chi connectivity index (χ2n) is 4.46. The van der Waals surface area contributed by atoms with Crippen molar-refractivity contribution in [2.24, 2.45) is 0 Å². The summed E-state index contributed by atoms with van der Waals surface area (Å²) in [5, 5.41) is 3.50. The fourth-order valence-corrected chi connectivity index (χ4v) is 2.15. The molecule has 0 saturated heterocycles. The average molecular weight is 241 g/mol. The van der Waals surface area contributed by atoms with Crippen molar-refractivity contribution in [2.45, 2.75) is 26.8 Å². The van der Waals surface area contributed by atoms with Gasteiger partial charge in [-0.15, -0.1) is 0 Å². The van der Waals surface area contributed by atoms with Crippen molar-refractivity contribution in [3.05, 3.63) is 59.2 Å². The highest BCUT2D eigenvalue weighted by Crippen LogP contribution is 2.23. The quantitative estimate of drug-likeness (QED) is 0.894. The molecule has 1 unspecified atom stereocenters. The smallest absolute Gasteiger partial charge is 0.0609 e. The van der Waals surface area contributed by atoms with Gasteiger partial charge in [0, 0.05) is 24.3 Å².